The molecule has 2 nitrogen and oxygen atoms in total. The van der Waals surface area contributed by atoms with Crippen LogP contribution in [0.3, 0.4) is 0 Å². The number of carbonyl (C=O) groups is 2. The van der Waals surface area contributed by atoms with Gasteiger partial charge in [0.15, 0.2) is 0 Å². The van der Waals surface area contributed by atoms with Crippen molar-refractivity contribution < 1.29 is 30.0 Å². The van der Waals surface area contributed by atoms with E-state index >= 15 is 0 Å². The van der Waals surface area contributed by atoms with Crippen LogP contribution in [0.1, 0.15) is 78.1 Å². The van der Waals surface area contributed by atoms with E-state index in [1.165, 1.54) is 25.7 Å². The number of carbonyl (C=O) groups excluding carboxylic acids is 2. The zero-order chi connectivity index (χ0) is 14.2. The van der Waals surface area contributed by atoms with Crippen LogP contribution in [0.5, 0.6) is 0 Å². The van der Waals surface area contributed by atoms with Crippen LogP contribution in [0.15, 0.2) is 0 Å². The van der Waals surface area contributed by atoms with E-state index in [1.54, 1.807) is 0 Å². The molecule has 19 heavy (non-hydrogen) atoms. The fraction of sp³-hybridized carbons (Fsp3) is 0.857. The molecule has 0 saturated heterocycles. The van der Waals surface area contributed by atoms with Gasteiger partial charge in [-0.15, -0.1) is 0 Å². The summed E-state index contributed by atoms with van der Waals surface area (Å²) < 4.78 is 0. The van der Waals surface area contributed by atoms with Gasteiger partial charge in [-0.3, -0.25) is 0 Å². The van der Waals surface area contributed by atoms with Crippen molar-refractivity contribution in [3.63, 3.8) is 0 Å². The fourth-order valence-electron chi connectivity index (χ4n) is 1.39. The topological polar surface area (TPSA) is 34.1 Å². The number of unbranched alkanes of at least 4 members (excludes halogenated alkanes) is 6. The van der Waals surface area contributed by atoms with E-state index in [9.17, 15) is 9.59 Å². The van der Waals surface area contributed by atoms with Crippen molar-refractivity contribution in [3.8, 4) is 0 Å². The first-order valence-corrected chi connectivity index (χ1v) is 7.75. The van der Waals surface area contributed by atoms with Gasteiger partial charge in [0.2, 0.25) is 0 Å². The predicted molar refractivity (Wildman–Crippen MR) is 82.3 cm³/mol. The molecule has 0 aromatic rings. The second-order valence-corrected chi connectivity index (χ2v) is 5.28. The summed E-state index contributed by atoms with van der Waals surface area (Å²) in [5, 5.41) is -0.183. The van der Waals surface area contributed by atoms with Gasteiger partial charge < -0.3 is 34.8 Å². The Morgan fingerprint density at radius 2 is 1.00 bits per heavy atom. The summed E-state index contributed by atoms with van der Waals surface area (Å²) in [4.78, 5) is 20.4. The van der Waals surface area contributed by atoms with Gasteiger partial charge in [-0.2, -0.15) is 0 Å². The van der Waals surface area contributed by atoms with Crippen molar-refractivity contribution >= 4 is 35.5 Å². The third-order valence-electron chi connectivity index (χ3n) is 2.47. The average molecular weight is 397 g/mol. The third-order valence-corrected chi connectivity index (χ3v) is 2.88. The normalized spacial score (nSPS) is 8.95. The average Bonchev–Trinajstić information content (AvgIpc) is 2.31. The first-order chi connectivity index (χ1) is 8.54. The molecule has 0 aliphatic rings. The molecule has 0 aliphatic carbocycles. The van der Waals surface area contributed by atoms with E-state index in [-0.39, 0.29) is 30.7 Å². The number of rotatable bonds is 10. The van der Waals surface area contributed by atoms with Crippen molar-refractivity contribution in [3.05, 3.63) is 0 Å². The van der Waals surface area contributed by atoms with Crippen LogP contribution in [0.2, 0.25) is 0 Å². The molecule has 0 bridgehead atoms. The van der Waals surface area contributed by atoms with Gasteiger partial charge in [0.1, 0.15) is 0 Å². The molecule has 0 rings (SSSR count). The molecule has 0 atom stereocenters. The molecule has 0 N–H and O–H groups in total. The van der Waals surface area contributed by atoms with Crippen LogP contribution in [0.4, 0.5) is 0 Å². The van der Waals surface area contributed by atoms with E-state index in [4.69, 9.17) is 0 Å². The monoisotopic (exact) mass is 396 g/mol. The van der Waals surface area contributed by atoms with Crippen LogP contribution in [-0.2, 0) is 55.3 Å². The van der Waals surface area contributed by atoms with Crippen LogP contribution in [0, 0.1) is 0 Å². The molecular weight excluding hydrogens is 371 g/mol. The van der Waals surface area contributed by atoms with E-state index in [1.807, 2.05) is 0 Å². The number of hydrogen-bond donors (Lipinski definition) is 0. The molecular formula is C14H26O2PdS2. The minimum Gasteiger partial charge on any atom is -0.742 e. The minimum atomic E-state index is -0.0916. The smallest absolute Gasteiger partial charge is 0.742 e. The van der Waals surface area contributed by atoms with E-state index in [2.05, 4.69) is 39.1 Å². The maximum absolute atomic E-state index is 10.2. The molecule has 0 unspecified atom stereocenters. The standard InChI is InChI=1S/2C7H14OS.Pd/c2*1-2-3-4-5-6-7(8)9;/h2*2-6H2,1H3,(H,8,9);/q;;+2/p-2. The Morgan fingerprint density at radius 3 is 1.21 bits per heavy atom. The summed E-state index contributed by atoms with van der Waals surface area (Å²) in [6.45, 7) is 4.30. The largest absolute Gasteiger partial charge is 2.00 e. The Balaban J connectivity index is -0.000000256. The third kappa shape index (κ3) is 32.2. The van der Waals surface area contributed by atoms with Gasteiger partial charge in [-0.1, -0.05) is 52.4 Å². The second-order valence-electron chi connectivity index (χ2n) is 4.37. The predicted octanol–water partition coefficient (Wildman–Crippen LogP) is 4.06. The SMILES string of the molecule is CCCCCCC(=O)[S-].CCCCCCC(=O)[S-].[Pd+2]. The molecule has 0 amide bonds. The molecule has 0 aliphatic heterocycles. The van der Waals surface area contributed by atoms with Crippen molar-refractivity contribution in [1.29, 1.82) is 0 Å². The Kier molecular flexibility index (Phi) is 26.7. The van der Waals surface area contributed by atoms with Crippen LogP contribution < -0.4 is 0 Å². The van der Waals surface area contributed by atoms with Crippen molar-refractivity contribution in [2.75, 3.05) is 0 Å². The summed E-state index contributed by atoms with van der Waals surface area (Å²) in [5.41, 5.74) is 0. The minimum absolute atomic E-state index is 0. The maximum atomic E-state index is 10.2. The Labute approximate surface area is 143 Å². The quantitative estimate of drug-likeness (QED) is 0.317. The van der Waals surface area contributed by atoms with Crippen LogP contribution in [-0.4, -0.2) is 10.2 Å². The Hall–Kier alpha value is 0.442. The molecule has 0 aromatic heterocycles. The fourth-order valence-corrected chi connectivity index (χ4v) is 1.68. The van der Waals surface area contributed by atoms with Gasteiger partial charge in [-0.05, 0) is 25.7 Å². The molecule has 0 saturated carbocycles. The van der Waals surface area contributed by atoms with Crippen molar-refractivity contribution in [2.45, 2.75) is 78.1 Å². The summed E-state index contributed by atoms with van der Waals surface area (Å²) in [6.07, 6.45) is 10.3. The molecule has 0 fully saturated rings. The molecule has 5 heteroatoms. The van der Waals surface area contributed by atoms with Gasteiger partial charge in [0, 0.05) is 10.2 Å². The molecule has 0 spiro atoms. The van der Waals surface area contributed by atoms with Crippen molar-refractivity contribution in [1.82, 2.24) is 0 Å². The summed E-state index contributed by atoms with van der Waals surface area (Å²) >= 11 is 8.78. The van der Waals surface area contributed by atoms with E-state index in [0.717, 1.165) is 25.7 Å². The summed E-state index contributed by atoms with van der Waals surface area (Å²) in [5.74, 6) is 0. The maximum Gasteiger partial charge on any atom is 2.00 e. The first kappa shape index (κ1) is 24.5. The second kappa shape index (κ2) is 20.8. The van der Waals surface area contributed by atoms with E-state index in [0.29, 0.717) is 12.8 Å². The number of hydrogen-bond acceptors (Lipinski definition) is 4. The summed E-state index contributed by atoms with van der Waals surface area (Å²) in [7, 11) is 0. The van der Waals surface area contributed by atoms with Crippen LogP contribution in [0.25, 0.3) is 0 Å². The van der Waals surface area contributed by atoms with Gasteiger partial charge in [0.25, 0.3) is 0 Å². The van der Waals surface area contributed by atoms with Crippen LogP contribution >= 0.6 is 0 Å². The van der Waals surface area contributed by atoms with E-state index < -0.39 is 0 Å². The first-order valence-electron chi connectivity index (χ1n) is 6.94. The molecule has 0 aromatic carbocycles. The zero-order valence-electron chi connectivity index (χ0n) is 12.0. The summed E-state index contributed by atoms with van der Waals surface area (Å²) in [6, 6.07) is 0. The Bertz CT molecular complexity index is 190. The molecule has 0 heterocycles. The van der Waals surface area contributed by atoms with Gasteiger partial charge in [0.05, 0.1) is 0 Å². The molecule has 0 radical (unpaired) electrons. The molecule has 116 valence electrons. The van der Waals surface area contributed by atoms with Gasteiger partial charge in [-0.25, -0.2) is 0 Å². The van der Waals surface area contributed by atoms with Gasteiger partial charge >= 0.3 is 20.4 Å². The Morgan fingerprint density at radius 1 is 0.684 bits per heavy atom. The van der Waals surface area contributed by atoms with Crippen molar-refractivity contribution in [2.24, 2.45) is 0 Å². The zero-order valence-corrected chi connectivity index (χ0v) is 15.2.